The van der Waals surface area contributed by atoms with Crippen molar-refractivity contribution in [2.75, 3.05) is 26.2 Å². The Bertz CT molecular complexity index is 666. The maximum absolute atomic E-state index is 13.1. The number of quaternary nitrogens is 1. The van der Waals surface area contributed by atoms with Gasteiger partial charge in [0, 0.05) is 6.92 Å². The zero-order chi connectivity index (χ0) is 15.6. The van der Waals surface area contributed by atoms with E-state index in [0.29, 0.717) is 26.2 Å². The maximum Gasteiger partial charge on any atom is 0.243 e. The maximum atomic E-state index is 13.1. The van der Waals surface area contributed by atoms with E-state index in [0.717, 1.165) is 17.0 Å². The minimum atomic E-state index is -3.67. The molecule has 1 aliphatic rings. The first-order valence-electron chi connectivity index (χ1n) is 6.55. The van der Waals surface area contributed by atoms with Crippen LogP contribution in [-0.2, 0) is 10.0 Å². The second-order valence-corrected chi connectivity index (χ2v) is 7.33. The SMILES string of the molecule is C[C@H](C#N)[NH+]1CCN(S(=O)(=O)c2ccc(F)c(Cl)c2)CC1. The molecule has 0 aromatic heterocycles. The van der Waals surface area contributed by atoms with Crippen LogP contribution in [0, 0.1) is 17.1 Å². The normalized spacial score (nSPS) is 19.1. The fourth-order valence-corrected chi connectivity index (χ4v) is 4.04. The van der Waals surface area contributed by atoms with Crippen molar-refractivity contribution in [3.05, 3.63) is 29.0 Å². The third-order valence-electron chi connectivity index (χ3n) is 3.70. The number of nitrogens with one attached hydrogen (secondary N) is 1. The molecule has 0 unspecified atom stereocenters. The molecule has 0 spiro atoms. The third-order valence-corrected chi connectivity index (χ3v) is 5.88. The third kappa shape index (κ3) is 3.35. The smallest absolute Gasteiger partial charge is 0.243 e. The molecule has 2 rings (SSSR count). The van der Waals surface area contributed by atoms with Crippen molar-refractivity contribution in [2.45, 2.75) is 17.9 Å². The molecule has 0 amide bonds. The van der Waals surface area contributed by atoms with E-state index in [4.69, 9.17) is 16.9 Å². The second kappa shape index (κ2) is 6.28. The van der Waals surface area contributed by atoms with Gasteiger partial charge >= 0.3 is 0 Å². The Kier molecular flexibility index (Phi) is 4.84. The first-order chi connectivity index (χ1) is 9.86. The molecule has 1 atom stereocenters. The topological polar surface area (TPSA) is 65.6 Å². The highest BCUT2D eigenvalue weighted by Gasteiger charge is 2.32. The highest BCUT2D eigenvalue weighted by Crippen LogP contribution is 2.22. The standard InChI is InChI=1S/C13H15ClFN3O2S/c1-10(9-16)17-4-6-18(7-5-17)21(19,20)11-2-3-13(15)12(14)8-11/h2-3,8,10H,4-7H2,1H3/p+1/t10-/m1/s1. The van der Waals surface area contributed by atoms with Gasteiger partial charge in [0.2, 0.25) is 10.0 Å². The Labute approximate surface area is 128 Å². The number of sulfonamides is 1. The van der Waals surface area contributed by atoms with Gasteiger partial charge in [0.15, 0.2) is 6.04 Å². The van der Waals surface area contributed by atoms with Gasteiger partial charge in [-0.15, -0.1) is 0 Å². The van der Waals surface area contributed by atoms with E-state index in [2.05, 4.69) is 6.07 Å². The van der Waals surface area contributed by atoms with Crippen LogP contribution in [-0.4, -0.2) is 44.9 Å². The largest absolute Gasteiger partial charge is 0.319 e. The molecule has 1 saturated heterocycles. The summed E-state index contributed by atoms with van der Waals surface area (Å²) in [7, 11) is -3.67. The van der Waals surface area contributed by atoms with Crippen molar-refractivity contribution >= 4 is 21.6 Å². The number of benzene rings is 1. The summed E-state index contributed by atoms with van der Waals surface area (Å²) in [5.74, 6) is -0.646. The molecular weight excluding hydrogens is 317 g/mol. The molecule has 1 aromatic carbocycles. The van der Waals surface area contributed by atoms with Gasteiger partial charge in [0.1, 0.15) is 11.9 Å². The Balaban J connectivity index is 2.15. The van der Waals surface area contributed by atoms with E-state index in [9.17, 15) is 12.8 Å². The number of piperazine rings is 1. The number of hydrogen-bond acceptors (Lipinski definition) is 3. The minimum Gasteiger partial charge on any atom is -0.319 e. The lowest BCUT2D eigenvalue weighted by atomic mass is 10.2. The first kappa shape index (κ1) is 16.2. The summed E-state index contributed by atoms with van der Waals surface area (Å²) < 4.78 is 39.4. The van der Waals surface area contributed by atoms with Crippen molar-refractivity contribution in [3.63, 3.8) is 0 Å². The van der Waals surface area contributed by atoms with Crippen molar-refractivity contribution in [1.29, 1.82) is 5.26 Å². The zero-order valence-electron chi connectivity index (χ0n) is 11.5. The molecule has 0 saturated carbocycles. The molecule has 21 heavy (non-hydrogen) atoms. The van der Waals surface area contributed by atoms with E-state index in [1.807, 2.05) is 6.92 Å². The van der Waals surface area contributed by atoms with Crippen molar-refractivity contribution in [1.82, 2.24) is 4.31 Å². The fraction of sp³-hybridized carbons (Fsp3) is 0.462. The first-order valence-corrected chi connectivity index (χ1v) is 8.37. The van der Waals surface area contributed by atoms with Gasteiger partial charge in [0.05, 0.1) is 36.1 Å². The predicted octanol–water partition coefficient (Wildman–Crippen LogP) is 0.280. The van der Waals surface area contributed by atoms with Crippen LogP contribution in [0.3, 0.4) is 0 Å². The van der Waals surface area contributed by atoms with Gasteiger partial charge in [0.25, 0.3) is 0 Å². The van der Waals surface area contributed by atoms with Crippen LogP contribution >= 0.6 is 11.6 Å². The summed E-state index contributed by atoms with van der Waals surface area (Å²) >= 11 is 5.64. The minimum absolute atomic E-state index is 0.00863. The molecule has 5 nitrogen and oxygen atoms in total. The highest BCUT2D eigenvalue weighted by atomic mass is 35.5. The second-order valence-electron chi connectivity index (χ2n) is 4.99. The van der Waals surface area contributed by atoms with Gasteiger partial charge in [-0.05, 0) is 18.2 Å². The number of nitriles is 1. The van der Waals surface area contributed by atoms with Crippen LogP contribution in [0.5, 0.6) is 0 Å². The lowest BCUT2D eigenvalue weighted by Crippen LogP contribution is -3.17. The highest BCUT2D eigenvalue weighted by molar-refractivity contribution is 7.89. The fourth-order valence-electron chi connectivity index (χ4n) is 2.32. The van der Waals surface area contributed by atoms with Crippen LogP contribution in [0.2, 0.25) is 5.02 Å². The van der Waals surface area contributed by atoms with Crippen molar-refractivity contribution < 1.29 is 17.7 Å². The van der Waals surface area contributed by atoms with Crippen LogP contribution in [0.15, 0.2) is 23.1 Å². The summed E-state index contributed by atoms with van der Waals surface area (Å²) in [5.41, 5.74) is 0. The molecule has 1 heterocycles. The number of rotatable bonds is 3. The monoisotopic (exact) mass is 332 g/mol. The average Bonchev–Trinajstić information content (AvgIpc) is 2.49. The lowest BCUT2D eigenvalue weighted by molar-refractivity contribution is -0.918. The molecular formula is C13H16ClFN3O2S+. The van der Waals surface area contributed by atoms with Crippen LogP contribution in [0.4, 0.5) is 4.39 Å². The summed E-state index contributed by atoms with van der Waals surface area (Å²) in [4.78, 5) is 1.06. The summed E-state index contributed by atoms with van der Waals surface area (Å²) in [5, 5.41) is 8.68. The van der Waals surface area contributed by atoms with E-state index in [1.54, 1.807) is 0 Å². The molecule has 1 fully saturated rings. The Hall–Kier alpha value is -1.20. The number of nitrogens with zero attached hydrogens (tertiary/aromatic N) is 2. The van der Waals surface area contributed by atoms with E-state index in [-0.39, 0.29) is 16.0 Å². The molecule has 0 radical (unpaired) electrons. The molecule has 8 heteroatoms. The van der Waals surface area contributed by atoms with E-state index in [1.165, 1.54) is 10.4 Å². The zero-order valence-corrected chi connectivity index (χ0v) is 13.1. The van der Waals surface area contributed by atoms with Crippen LogP contribution in [0.1, 0.15) is 6.92 Å². The predicted molar refractivity (Wildman–Crippen MR) is 75.9 cm³/mol. The summed E-state index contributed by atoms with van der Waals surface area (Å²) in [6.07, 6.45) is 0. The van der Waals surface area contributed by atoms with Crippen molar-refractivity contribution in [2.24, 2.45) is 0 Å². The molecule has 1 N–H and O–H groups in total. The van der Waals surface area contributed by atoms with Gasteiger partial charge < -0.3 is 4.90 Å². The Morgan fingerprint density at radius 1 is 1.43 bits per heavy atom. The van der Waals surface area contributed by atoms with Crippen molar-refractivity contribution in [3.8, 4) is 6.07 Å². The Morgan fingerprint density at radius 3 is 2.57 bits per heavy atom. The van der Waals surface area contributed by atoms with Crippen LogP contribution in [0.25, 0.3) is 0 Å². The van der Waals surface area contributed by atoms with E-state index >= 15 is 0 Å². The van der Waals surface area contributed by atoms with Crippen LogP contribution < -0.4 is 4.90 Å². The molecule has 114 valence electrons. The van der Waals surface area contributed by atoms with Gasteiger partial charge in [-0.2, -0.15) is 9.57 Å². The molecule has 1 aliphatic heterocycles. The van der Waals surface area contributed by atoms with E-state index < -0.39 is 15.8 Å². The number of halogens is 2. The quantitative estimate of drug-likeness (QED) is 0.864. The van der Waals surface area contributed by atoms with Gasteiger partial charge in [-0.3, -0.25) is 0 Å². The molecule has 1 aromatic rings. The average molecular weight is 333 g/mol. The lowest BCUT2D eigenvalue weighted by Gasteiger charge is -2.32. The molecule has 0 aliphatic carbocycles. The Morgan fingerprint density at radius 2 is 2.05 bits per heavy atom. The molecule has 0 bridgehead atoms. The van der Waals surface area contributed by atoms with Gasteiger partial charge in [-0.1, -0.05) is 11.6 Å². The van der Waals surface area contributed by atoms with Gasteiger partial charge in [-0.25, -0.2) is 12.8 Å². The number of hydrogen-bond donors (Lipinski definition) is 1. The summed E-state index contributed by atoms with van der Waals surface area (Å²) in [6.45, 7) is 3.63. The summed E-state index contributed by atoms with van der Waals surface area (Å²) in [6, 6.07) is 5.41.